The molecule has 0 aliphatic carbocycles. The molecule has 0 fully saturated rings. The van der Waals surface area contributed by atoms with Gasteiger partial charge in [0.15, 0.2) is 5.17 Å². The first-order valence-corrected chi connectivity index (χ1v) is 4.16. The van der Waals surface area contributed by atoms with Crippen molar-refractivity contribution >= 4 is 28.4 Å². The van der Waals surface area contributed by atoms with E-state index in [1.165, 1.54) is 7.11 Å². The van der Waals surface area contributed by atoms with E-state index in [4.69, 9.17) is 33.1 Å². The minimum Gasteiger partial charge on any atom is -0.496 e. The third-order valence-electron chi connectivity index (χ3n) is 1.47. The number of nitrogens with zero attached hydrogens (tertiary/aromatic N) is 1. The molecule has 3 nitrogen and oxygen atoms in total. The van der Waals surface area contributed by atoms with Crippen LogP contribution in [0.3, 0.4) is 0 Å². The van der Waals surface area contributed by atoms with E-state index < -0.39 is 0 Å². The minimum absolute atomic E-state index is 0.0562. The molecular formula is C8H7Cl2NO2. The Morgan fingerprint density at radius 3 is 2.77 bits per heavy atom. The van der Waals surface area contributed by atoms with Crippen LogP contribution in [0.2, 0.25) is 5.02 Å². The van der Waals surface area contributed by atoms with Crippen molar-refractivity contribution in [2.24, 2.45) is 5.16 Å². The Morgan fingerprint density at radius 1 is 1.54 bits per heavy atom. The summed E-state index contributed by atoms with van der Waals surface area (Å²) in [7, 11) is 1.49. The van der Waals surface area contributed by atoms with Gasteiger partial charge in [-0.25, -0.2) is 0 Å². The first-order chi connectivity index (χ1) is 6.19. The quantitative estimate of drug-likeness (QED) is 0.473. The van der Waals surface area contributed by atoms with E-state index >= 15 is 0 Å². The summed E-state index contributed by atoms with van der Waals surface area (Å²) in [6, 6.07) is 4.86. The van der Waals surface area contributed by atoms with Crippen LogP contribution in [-0.2, 0) is 0 Å². The second-order valence-electron chi connectivity index (χ2n) is 2.24. The molecule has 0 unspecified atom stereocenters. The molecule has 1 aromatic rings. The molecule has 5 heteroatoms. The molecule has 0 aliphatic rings. The van der Waals surface area contributed by atoms with Gasteiger partial charge in [0.1, 0.15) is 5.75 Å². The number of ether oxygens (including phenoxy) is 1. The molecule has 0 atom stereocenters. The van der Waals surface area contributed by atoms with Crippen molar-refractivity contribution in [3.05, 3.63) is 28.8 Å². The van der Waals surface area contributed by atoms with E-state index in [1.807, 2.05) is 0 Å². The number of methoxy groups -OCH3 is 1. The molecule has 70 valence electrons. The van der Waals surface area contributed by atoms with Gasteiger partial charge in [-0.2, -0.15) is 0 Å². The van der Waals surface area contributed by atoms with Crippen LogP contribution in [0.25, 0.3) is 0 Å². The second kappa shape index (κ2) is 4.35. The average Bonchev–Trinajstić information content (AvgIpc) is 2.16. The molecule has 0 bridgehead atoms. The van der Waals surface area contributed by atoms with Crippen LogP contribution in [0.1, 0.15) is 5.56 Å². The fourth-order valence-corrected chi connectivity index (χ4v) is 1.22. The standard InChI is InChI=1S/C8H7Cl2NO2/c1-13-7-3-2-5(9)4-6(7)8(10)11-12/h2-4,12H,1H3/b11-8-. The molecule has 0 aliphatic heterocycles. The van der Waals surface area contributed by atoms with E-state index in [2.05, 4.69) is 5.16 Å². The van der Waals surface area contributed by atoms with E-state index in [0.29, 0.717) is 16.3 Å². The van der Waals surface area contributed by atoms with Crippen LogP contribution in [-0.4, -0.2) is 17.5 Å². The Hall–Kier alpha value is -0.930. The molecule has 0 saturated carbocycles. The normalized spacial score (nSPS) is 11.5. The highest BCUT2D eigenvalue weighted by atomic mass is 35.5. The first-order valence-electron chi connectivity index (χ1n) is 3.40. The topological polar surface area (TPSA) is 41.8 Å². The van der Waals surface area contributed by atoms with Crippen LogP contribution in [0.5, 0.6) is 5.75 Å². The van der Waals surface area contributed by atoms with Crippen LogP contribution >= 0.6 is 23.2 Å². The number of halogens is 2. The van der Waals surface area contributed by atoms with Gasteiger partial charge in [0.25, 0.3) is 0 Å². The minimum atomic E-state index is -0.0562. The van der Waals surface area contributed by atoms with Gasteiger partial charge in [0.2, 0.25) is 0 Å². The maximum absolute atomic E-state index is 8.46. The SMILES string of the molecule is COc1ccc(Cl)cc1/C(Cl)=N/O. The van der Waals surface area contributed by atoms with Crippen LogP contribution < -0.4 is 4.74 Å². The largest absolute Gasteiger partial charge is 0.496 e. The fraction of sp³-hybridized carbons (Fsp3) is 0.125. The Morgan fingerprint density at radius 2 is 2.23 bits per heavy atom. The Bertz CT molecular complexity index is 339. The molecule has 0 saturated heterocycles. The molecular weight excluding hydrogens is 213 g/mol. The van der Waals surface area contributed by atoms with E-state index in [0.717, 1.165) is 0 Å². The molecule has 13 heavy (non-hydrogen) atoms. The summed E-state index contributed by atoms with van der Waals surface area (Å²) in [6.45, 7) is 0. The summed E-state index contributed by atoms with van der Waals surface area (Å²) in [5, 5.41) is 11.7. The van der Waals surface area contributed by atoms with Gasteiger partial charge in [0, 0.05) is 5.02 Å². The number of hydrogen-bond donors (Lipinski definition) is 1. The van der Waals surface area contributed by atoms with E-state index in [9.17, 15) is 0 Å². The lowest BCUT2D eigenvalue weighted by molar-refractivity contribution is 0.320. The second-order valence-corrected chi connectivity index (χ2v) is 3.03. The van der Waals surface area contributed by atoms with Gasteiger partial charge in [-0.05, 0) is 18.2 Å². The lowest BCUT2D eigenvalue weighted by atomic mass is 10.2. The van der Waals surface area contributed by atoms with Gasteiger partial charge < -0.3 is 9.94 Å². The zero-order valence-electron chi connectivity index (χ0n) is 6.79. The number of rotatable bonds is 2. The zero-order valence-corrected chi connectivity index (χ0v) is 8.30. The van der Waals surface area contributed by atoms with Crippen molar-refractivity contribution in [2.45, 2.75) is 0 Å². The molecule has 0 aromatic heterocycles. The van der Waals surface area contributed by atoms with E-state index in [1.54, 1.807) is 18.2 Å². The summed E-state index contributed by atoms with van der Waals surface area (Å²) >= 11 is 11.3. The summed E-state index contributed by atoms with van der Waals surface area (Å²) < 4.78 is 4.99. The third kappa shape index (κ3) is 2.26. The number of oxime groups is 1. The monoisotopic (exact) mass is 219 g/mol. The molecule has 0 amide bonds. The van der Waals surface area contributed by atoms with Crippen LogP contribution in [0.4, 0.5) is 0 Å². The fourth-order valence-electron chi connectivity index (χ4n) is 0.895. The molecule has 0 heterocycles. The van der Waals surface area contributed by atoms with Crippen LogP contribution in [0, 0.1) is 0 Å². The first kappa shape index (κ1) is 10.2. The Balaban J connectivity index is 3.23. The highest BCUT2D eigenvalue weighted by molar-refractivity contribution is 6.69. The predicted octanol–water partition coefficient (Wildman–Crippen LogP) is 2.72. The van der Waals surface area contributed by atoms with Crippen molar-refractivity contribution in [1.82, 2.24) is 0 Å². The highest BCUT2D eigenvalue weighted by Gasteiger charge is 2.08. The van der Waals surface area contributed by atoms with Crippen molar-refractivity contribution in [3.8, 4) is 5.75 Å². The van der Waals surface area contributed by atoms with Crippen LogP contribution in [0.15, 0.2) is 23.4 Å². The zero-order chi connectivity index (χ0) is 9.84. The average molecular weight is 220 g/mol. The van der Waals surface area contributed by atoms with Crippen molar-refractivity contribution in [1.29, 1.82) is 0 Å². The van der Waals surface area contributed by atoms with Gasteiger partial charge >= 0.3 is 0 Å². The molecule has 1 rings (SSSR count). The third-order valence-corrected chi connectivity index (χ3v) is 1.99. The molecule has 0 spiro atoms. The Kier molecular flexibility index (Phi) is 3.39. The van der Waals surface area contributed by atoms with Gasteiger partial charge in [0.05, 0.1) is 12.7 Å². The van der Waals surface area contributed by atoms with Gasteiger partial charge in [-0.15, -0.1) is 0 Å². The lowest BCUT2D eigenvalue weighted by Gasteiger charge is -2.05. The molecule has 1 N–H and O–H groups in total. The van der Waals surface area contributed by atoms with E-state index in [-0.39, 0.29) is 5.17 Å². The van der Waals surface area contributed by atoms with Crippen molar-refractivity contribution in [3.63, 3.8) is 0 Å². The smallest absolute Gasteiger partial charge is 0.179 e. The molecule has 0 radical (unpaired) electrons. The highest BCUT2D eigenvalue weighted by Crippen LogP contribution is 2.24. The van der Waals surface area contributed by atoms with Crippen molar-refractivity contribution in [2.75, 3.05) is 7.11 Å². The summed E-state index contributed by atoms with van der Waals surface area (Å²) in [5.41, 5.74) is 0.458. The number of hydrogen-bond acceptors (Lipinski definition) is 3. The lowest BCUT2D eigenvalue weighted by Crippen LogP contribution is -1.96. The number of benzene rings is 1. The maximum Gasteiger partial charge on any atom is 0.179 e. The maximum atomic E-state index is 8.46. The summed E-state index contributed by atoms with van der Waals surface area (Å²) in [4.78, 5) is 0. The molecule has 1 aromatic carbocycles. The van der Waals surface area contributed by atoms with Gasteiger partial charge in [-0.3, -0.25) is 0 Å². The van der Waals surface area contributed by atoms with Gasteiger partial charge in [-0.1, -0.05) is 28.4 Å². The summed E-state index contributed by atoms with van der Waals surface area (Å²) in [5.74, 6) is 0.507. The predicted molar refractivity (Wildman–Crippen MR) is 52.2 cm³/mol. The Labute approximate surface area is 85.5 Å². The van der Waals surface area contributed by atoms with Crippen molar-refractivity contribution < 1.29 is 9.94 Å². The summed E-state index contributed by atoms with van der Waals surface area (Å²) in [6.07, 6.45) is 0.